The Labute approximate surface area is 57.4 Å². The molecule has 0 aromatic carbocycles. The predicted octanol–water partition coefficient (Wildman–Crippen LogP) is -2.69. The summed E-state index contributed by atoms with van der Waals surface area (Å²) < 4.78 is 0. The van der Waals surface area contributed by atoms with Crippen LogP contribution in [0.5, 0.6) is 0 Å². The molecule has 1 heterocycles. The maximum absolute atomic E-state index is 8.96. The molecule has 1 rings (SSSR count). The van der Waals surface area contributed by atoms with Crippen molar-refractivity contribution >= 4 is 6.21 Å². The lowest BCUT2D eigenvalue weighted by Crippen LogP contribution is -2.55. The maximum Gasteiger partial charge on any atom is 0.296 e. The number of aliphatic imine (C=N–C) groups is 1. The highest BCUT2D eigenvalue weighted by Crippen LogP contribution is 2.00. The Bertz CT molecular complexity index is 206. The summed E-state index contributed by atoms with van der Waals surface area (Å²) in [6.07, 6.45) is 1.20. The second-order valence-corrected chi connectivity index (χ2v) is 1.98. The van der Waals surface area contributed by atoms with Crippen LogP contribution in [-0.4, -0.2) is 17.3 Å². The van der Waals surface area contributed by atoms with Crippen molar-refractivity contribution < 1.29 is 5.11 Å². The molecule has 0 spiro atoms. The zero-order chi connectivity index (χ0) is 7.78. The van der Waals surface area contributed by atoms with E-state index in [0.717, 1.165) is 0 Å². The molecule has 1 aliphatic heterocycles. The number of hydrogen-bond acceptors (Lipinski definition) is 6. The second-order valence-electron chi connectivity index (χ2n) is 1.98. The van der Waals surface area contributed by atoms with Crippen molar-refractivity contribution in [2.75, 3.05) is 0 Å². The summed E-state index contributed by atoms with van der Waals surface area (Å²) in [7, 11) is 0. The van der Waals surface area contributed by atoms with E-state index in [2.05, 4.69) is 10.3 Å². The standard InChI is InChI=1S/C4H9N5O/c5-2-1-8-4(7,10)9-3(2)6/h1,9-10H,5-7H2. The first-order valence-electron chi connectivity index (χ1n) is 2.61. The van der Waals surface area contributed by atoms with Crippen LogP contribution in [0.2, 0.25) is 0 Å². The third-order valence-corrected chi connectivity index (χ3v) is 1.03. The van der Waals surface area contributed by atoms with E-state index in [0.29, 0.717) is 0 Å². The lowest BCUT2D eigenvalue weighted by atomic mass is 10.4. The first-order chi connectivity index (χ1) is 4.51. The summed E-state index contributed by atoms with van der Waals surface area (Å²) in [6.45, 7) is 0. The number of rotatable bonds is 0. The van der Waals surface area contributed by atoms with Gasteiger partial charge >= 0.3 is 0 Å². The van der Waals surface area contributed by atoms with Crippen molar-refractivity contribution in [3.63, 3.8) is 0 Å². The molecular formula is C4H9N5O. The number of nitrogens with one attached hydrogen (secondary N) is 1. The summed E-state index contributed by atoms with van der Waals surface area (Å²) in [5.41, 5.74) is 15.9. The Morgan fingerprint density at radius 3 is 2.60 bits per heavy atom. The summed E-state index contributed by atoms with van der Waals surface area (Å²) in [6, 6.07) is 0. The van der Waals surface area contributed by atoms with Gasteiger partial charge in [-0.05, 0) is 0 Å². The second kappa shape index (κ2) is 1.86. The Morgan fingerprint density at radius 2 is 2.20 bits per heavy atom. The van der Waals surface area contributed by atoms with Crippen molar-refractivity contribution in [2.24, 2.45) is 22.2 Å². The number of hydrogen-bond donors (Lipinski definition) is 5. The van der Waals surface area contributed by atoms with Crippen LogP contribution in [0, 0.1) is 0 Å². The molecule has 0 amide bonds. The third kappa shape index (κ3) is 1.17. The molecule has 0 saturated carbocycles. The molecule has 1 atom stereocenters. The first kappa shape index (κ1) is 6.84. The van der Waals surface area contributed by atoms with Crippen LogP contribution in [-0.2, 0) is 0 Å². The molecule has 56 valence electrons. The van der Waals surface area contributed by atoms with Crippen molar-refractivity contribution in [3.05, 3.63) is 11.5 Å². The van der Waals surface area contributed by atoms with Gasteiger partial charge < -0.3 is 21.9 Å². The quantitative estimate of drug-likeness (QED) is 0.236. The molecule has 10 heavy (non-hydrogen) atoms. The summed E-state index contributed by atoms with van der Waals surface area (Å²) in [5, 5.41) is 11.2. The van der Waals surface area contributed by atoms with Gasteiger partial charge in [0, 0.05) is 0 Å². The van der Waals surface area contributed by atoms with E-state index >= 15 is 0 Å². The lowest BCUT2D eigenvalue weighted by molar-refractivity contribution is 0.0293. The van der Waals surface area contributed by atoms with E-state index < -0.39 is 5.97 Å². The molecule has 0 saturated heterocycles. The summed E-state index contributed by atoms with van der Waals surface area (Å²) in [4.78, 5) is 3.43. The molecule has 0 bridgehead atoms. The Kier molecular flexibility index (Phi) is 1.27. The number of allylic oxidation sites excluding steroid dienone is 1. The van der Waals surface area contributed by atoms with Crippen molar-refractivity contribution in [3.8, 4) is 0 Å². The van der Waals surface area contributed by atoms with Crippen LogP contribution >= 0.6 is 0 Å². The number of nitrogens with zero attached hydrogens (tertiary/aromatic N) is 1. The number of aliphatic hydroxyl groups is 1. The van der Waals surface area contributed by atoms with Crippen molar-refractivity contribution in [1.29, 1.82) is 0 Å². The molecule has 6 nitrogen and oxygen atoms in total. The lowest BCUT2D eigenvalue weighted by Gasteiger charge is -2.24. The maximum atomic E-state index is 8.96. The normalized spacial score (nSPS) is 32.2. The van der Waals surface area contributed by atoms with Gasteiger partial charge in [0.15, 0.2) is 0 Å². The molecular weight excluding hydrogens is 134 g/mol. The van der Waals surface area contributed by atoms with Gasteiger partial charge in [0.25, 0.3) is 5.97 Å². The Hall–Kier alpha value is -1.27. The molecule has 8 N–H and O–H groups in total. The van der Waals surface area contributed by atoms with Gasteiger partial charge in [-0.25, -0.2) is 4.99 Å². The monoisotopic (exact) mass is 143 g/mol. The highest BCUT2D eigenvalue weighted by molar-refractivity contribution is 5.79. The van der Waals surface area contributed by atoms with Gasteiger partial charge in [-0.1, -0.05) is 0 Å². The van der Waals surface area contributed by atoms with Crippen LogP contribution in [0.1, 0.15) is 0 Å². The highest BCUT2D eigenvalue weighted by Gasteiger charge is 2.22. The third-order valence-electron chi connectivity index (χ3n) is 1.03. The molecule has 0 fully saturated rings. The van der Waals surface area contributed by atoms with Gasteiger partial charge in [0.1, 0.15) is 5.82 Å². The van der Waals surface area contributed by atoms with E-state index in [1.54, 1.807) is 0 Å². The van der Waals surface area contributed by atoms with Crippen LogP contribution in [0.3, 0.4) is 0 Å². The van der Waals surface area contributed by atoms with Gasteiger partial charge in [-0.3, -0.25) is 5.73 Å². The van der Waals surface area contributed by atoms with Crippen LogP contribution < -0.4 is 22.5 Å². The van der Waals surface area contributed by atoms with Crippen LogP contribution in [0.25, 0.3) is 0 Å². The Balaban J connectivity index is 2.85. The van der Waals surface area contributed by atoms with Crippen molar-refractivity contribution in [2.45, 2.75) is 5.97 Å². The minimum atomic E-state index is -1.81. The minimum Gasteiger partial charge on any atom is -0.395 e. The van der Waals surface area contributed by atoms with E-state index in [1.165, 1.54) is 6.21 Å². The van der Waals surface area contributed by atoms with E-state index in [4.69, 9.17) is 22.3 Å². The van der Waals surface area contributed by atoms with Gasteiger partial charge in [0.05, 0.1) is 11.9 Å². The largest absolute Gasteiger partial charge is 0.395 e. The fourth-order valence-electron chi connectivity index (χ4n) is 0.540. The highest BCUT2D eigenvalue weighted by atomic mass is 16.3. The predicted molar refractivity (Wildman–Crippen MR) is 36.2 cm³/mol. The minimum absolute atomic E-state index is 0.125. The molecule has 6 heteroatoms. The van der Waals surface area contributed by atoms with E-state index in [-0.39, 0.29) is 11.5 Å². The smallest absolute Gasteiger partial charge is 0.296 e. The summed E-state index contributed by atoms with van der Waals surface area (Å²) in [5.74, 6) is -1.69. The molecule has 1 unspecified atom stereocenters. The fraction of sp³-hybridized carbons (Fsp3) is 0.250. The van der Waals surface area contributed by atoms with Gasteiger partial charge in [0.2, 0.25) is 0 Å². The topological polar surface area (TPSA) is 123 Å². The zero-order valence-electron chi connectivity index (χ0n) is 5.20. The van der Waals surface area contributed by atoms with Gasteiger partial charge in [-0.2, -0.15) is 0 Å². The van der Waals surface area contributed by atoms with E-state index in [1.807, 2.05) is 0 Å². The van der Waals surface area contributed by atoms with Crippen LogP contribution in [0.4, 0.5) is 0 Å². The fourth-order valence-corrected chi connectivity index (χ4v) is 0.540. The molecule has 0 aromatic rings. The molecule has 1 aliphatic rings. The molecule has 0 aliphatic carbocycles. The average molecular weight is 143 g/mol. The summed E-state index contributed by atoms with van der Waals surface area (Å²) >= 11 is 0. The van der Waals surface area contributed by atoms with Crippen molar-refractivity contribution in [1.82, 2.24) is 5.32 Å². The number of nitrogens with two attached hydrogens (primary N) is 3. The van der Waals surface area contributed by atoms with Gasteiger partial charge in [-0.15, -0.1) is 0 Å². The molecule has 0 radical (unpaired) electrons. The average Bonchev–Trinajstić information content (AvgIpc) is 1.79. The van der Waals surface area contributed by atoms with E-state index in [9.17, 15) is 0 Å². The first-order valence-corrected chi connectivity index (χ1v) is 2.61. The Morgan fingerprint density at radius 1 is 1.60 bits per heavy atom. The SMILES string of the molecule is NC1=C(N)NC(N)(O)N=C1. The molecule has 0 aromatic heterocycles. The zero-order valence-corrected chi connectivity index (χ0v) is 5.20. The van der Waals surface area contributed by atoms with Crippen LogP contribution in [0.15, 0.2) is 16.5 Å².